The van der Waals surface area contributed by atoms with Crippen LogP contribution in [0.2, 0.25) is 0 Å². The van der Waals surface area contributed by atoms with Gasteiger partial charge in [-0.2, -0.15) is 0 Å². The third-order valence-corrected chi connectivity index (χ3v) is 2.97. The van der Waals surface area contributed by atoms with Crippen molar-refractivity contribution >= 4 is 22.7 Å². The van der Waals surface area contributed by atoms with Gasteiger partial charge in [0.25, 0.3) is 5.69 Å². The molecule has 1 aliphatic rings. The van der Waals surface area contributed by atoms with Crippen LogP contribution in [0.5, 0.6) is 0 Å². The van der Waals surface area contributed by atoms with E-state index in [0.717, 1.165) is 24.6 Å². The number of nitro groups is 1. The quantitative estimate of drug-likeness (QED) is 0.639. The molecular weight excluding hydrogens is 236 g/mol. The minimum absolute atomic E-state index is 0.0691. The maximum atomic E-state index is 10.7. The molecule has 2 heterocycles. The van der Waals surface area contributed by atoms with Gasteiger partial charge in [-0.25, -0.2) is 4.98 Å². The van der Waals surface area contributed by atoms with Crippen LogP contribution in [0.1, 0.15) is 0 Å². The molecule has 3 rings (SSSR count). The van der Waals surface area contributed by atoms with Crippen LogP contribution in [-0.4, -0.2) is 41.2 Å². The van der Waals surface area contributed by atoms with Crippen molar-refractivity contribution in [2.75, 3.05) is 31.2 Å². The number of nitrogens with one attached hydrogen (secondary N) is 1. The van der Waals surface area contributed by atoms with Crippen LogP contribution in [0, 0.1) is 10.1 Å². The van der Waals surface area contributed by atoms with Gasteiger partial charge in [0.2, 0.25) is 5.95 Å². The number of nitrogens with zero attached hydrogens (tertiary/aromatic N) is 3. The first kappa shape index (κ1) is 11.0. The molecule has 0 spiro atoms. The number of H-pyrrole nitrogens is 1. The van der Waals surface area contributed by atoms with Crippen molar-refractivity contribution < 1.29 is 9.66 Å². The molecule has 94 valence electrons. The van der Waals surface area contributed by atoms with Gasteiger partial charge in [-0.3, -0.25) is 10.1 Å². The number of nitro benzene ring substituents is 1. The smallest absolute Gasteiger partial charge is 0.271 e. The Balaban J connectivity index is 1.97. The lowest BCUT2D eigenvalue weighted by molar-refractivity contribution is -0.384. The van der Waals surface area contributed by atoms with Crippen LogP contribution in [0.4, 0.5) is 11.6 Å². The fourth-order valence-corrected chi connectivity index (χ4v) is 2.02. The lowest BCUT2D eigenvalue weighted by Crippen LogP contribution is -2.36. The van der Waals surface area contributed by atoms with Gasteiger partial charge < -0.3 is 14.6 Å². The van der Waals surface area contributed by atoms with E-state index in [1.165, 1.54) is 12.1 Å². The molecule has 1 aromatic heterocycles. The Bertz CT molecular complexity index is 589. The topological polar surface area (TPSA) is 84.3 Å². The molecule has 1 aromatic carbocycles. The zero-order valence-electron chi connectivity index (χ0n) is 9.63. The number of imidazole rings is 1. The minimum Gasteiger partial charge on any atom is -0.378 e. The molecule has 0 amide bonds. The zero-order valence-corrected chi connectivity index (χ0v) is 9.63. The molecule has 0 bridgehead atoms. The van der Waals surface area contributed by atoms with Crippen molar-refractivity contribution in [3.63, 3.8) is 0 Å². The van der Waals surface area contributed by atoms with Gasteiger partial charge in [-0.05, 0) is 6.07 Å². The Kier molecular flexibility index (Phi) is 2.60. The number of non-ortho nitro benzene ring substituents is 1. The zero-order chi connectivity index (χ0) is 12.5. The number of fused-ring (bicyclic) bond motifs is 1. The summed E-state index contributed by atoms with van der Waals surface area (Å²) in [5.41, 5.74) is 1.49. The predicted octanol–water partition coefficient (Wildman–Crippen LogP) is 1.31. The Morgan fingerprint density at radius 3 is 2.89 bits per heavy atom. The summed E-state index contributed by atoms with van der Waals surface area (Å²) >= 11 is 0. The van der Waals surface area contributed by atoms with E-state index in [2.05, 4.69) is 14.9 Å². The maximum absolute atomic E-state index is 10.7. The van der Waals surface area contributed by atoms with E-state index in [1.54, 1.807) is 6.07 Å². The van der Waals surface area contributed by atoms with Crippen LogP contribution in [0.15, 0.2) is 18.2 Å². The van der Waals surface area contributed by atoms with Gasteiger partial charge in [0.1, 0.15) is 0 Å². The van der Waals surface area contributed by atoms with Crippen LogP contribution in [0.25, 0.3) is 11.0 Å². The number of ether oxygens (including phenoxy) is 1. The van der Waals surface area contributed by atoms with Crippen LogP contribution in [-0.2, 0) is 4.74 Å². The lowest BCUT2D eigenvalue weighted by atomic mass is 10.3. The van der Waals surface area contributed by atoms with E-state index in [9.17, 15) is 10.1 Å². The summed E-state index contributed by atoms with van der Waals surface area (Å²) in [5.74, 6) is 0.744. The number of benzene rings is 1. The second-order valence-corrected chi connectivity index (χ2v) is 4.12. The van der Waals surface area contributed by atoms with Gasteiger partial charge in [-0.1, -0.05) is 0 Å². The molecule has 0 unspecified atom stereocenters. The molecule has 1 aliphatic heterocycles. The first-order chi connectivity index (χ1) is 8.74. The summed E-state index contributed by atoms with van der Waals surface area (Å²) in [6.45, 7) is 2.91. The molecule has 2 aromatic rings. The van der Waals surface area contributed by atoms with Crippen molar-refractivity contribution in [1.82, 2.24) is 9.97 Å². The van der Waals surface area contributed by atoms with Gasteiger partial charge in [0, 0.05) is 25.2 Å². The van der Waals surface area contributed by atoms with E-state index in [4.69, 9.17) is 4.74 Å². The standard InChI is InChI=1S/C11H12N4O3/c16-15(17)8-1-2-9-10(7-8)13-11(12-9)14-3-5-18-6-4-14/h1-2,7H,3-6H2,(H,12,13). The number of anilines is 1. The molecular formula is C11H12N4O3. The van der Waals surface area contributed by atoms with E-state index < -0.39 is 4.92 Å². The average Bonchev–Trinajstić information content (AvgIpc) is 2.82. The number of morpholine rings is 1. The normalized spacial score (nSPS) is 16.1. The summed E-state index contributed by atoms with van der Waals surface area (Å²) < 4.78 is 5.27. The summed E-state index contributed by atoms with van der Waals surface area (Å²) in [6.07, 6.45) is 0. The number of hydrogen-bond donors (Lipinski definition) is 1. The maximum Gasteiger partial charge on any atom is 0.271 e. The summed E-state index contributed by atoms with van der Waals surface area (Å²) in [4.78, 5) is 19.9. The Labute approximate surface area is 103 Å². The predicted molar refractivity (Wildman–Crippen MR) is 65.8 cm³/mol. The molecule has 1 N–H and O–H groups in total. The third-order valence-electron chi connectivity index (χ3n) is 2.97. The highest BCUT2D eigenvalue weighted by Gasteiger charge is 2.16. The third kappa shape index (κ3) is 1.88. The van der Waals surface area contributed by atoms with Crippen LogP contribution in [0.3, 0.4) is 0 Å². The minimum atomic E-state index is -0.408. The number of aromatic nitrogens is 2. The number of aromatic amines is 1. The Hall–Kier alpha value is -2.15. The highest BCUT2D eigenvalue weighted by molar-refractivity contribution is 5.80. The highest BCUT2D eigenvalue weighted by atomic mass is 16.6. The highest BCUT2D eigenvalue weighted by Crippen LogP contribution is 2.22. The Morgan fingerprint density at radius 2 is 2.17 bits per heavy atom. The monoisotopic (exact) mass is 248 g/mol. The van der Waals surface area contributed by atoms with Crippen molar-refractivity contribution in [1.29, 1.82) is 0 Å². The number of rotatable bonds is 2. The van der Waals surface area contributed by atoms with Crippen molar-refractivity contribution in [2.45, 2.75) is 0 Å². The second-order valence-electron chi connectivity index (χ2n) is 4.12. The van der Waals surface area contributed by atoms with E-state index in [-0.39, 0.29) is 5.69 Å². The molecule has 18 heavy (non-hydrogen) atoms. The number of hydrogen-bond acceptors (Lipinski definition) is 5. The van der Waals surface area contributed by atoms with Gasteiger partial charge in [0.15, 0.2) is 0 Å². The SMILES string of the molecule is O=[N+]([O-])c1ccc2nc(N3CCOCC3)[nH]c2c1. The van der Waals surface area contributed by atoms with Crippen LogP contribution >= 0.6 is 0 Å². The summed E-state index contributed by atoms with van der Waals surface area (Å²) in [5, 5.41) is 10.7. The van der Waals surface area contributed by atoms with Crippen molar-refractivity contribution in [2.24, 2.45) is 0 Å². The van der Waals surface area contributed by atoms with Crippen molar-refractivity contribution in [3.05, 3.63) is 28.3 Å². The molecule has 0 atom stereocenters. The molecule has 1 fully saturated rings. The molecule has 7 heteroatoms. The van der Waals surface area contributed by atoms with Crippen molar-refractivity contribution in [3.8, 4) is 0 Å². The summed E-state index contributed by atoms with van der Waals surface area (Å²) in [7, 11) is 0. The fourth-order valence-electron chi connectivity index (χ4n) is 2.02. The van der Waals surface area contributed by atoms with Crippen LogP contribution < -0.4 is 4.90 Å². The molecule has 7 nitrogen and oxygen atoms in total. The second kappa shape index (κ2) is 4.26. The molecule has 0 radical (unpaired) electrons. The average molecular weight is 248 g/mol. The molecule has 0 aliphatic carbocycles. The van der Waals surface area contributed by atoms with Gasteiger partial charge in [0.05, 0.1) is 29.2 Å². The summed E-state index contributed by atoms with van der Waals surface area (Å²) in [6, 6.07) is 4.63. The Morgan fingerprint density at radius 1 is 1.39 bits per heavy atom. The lowest BCUT2D eigenvalue weighted by Gasteiger charge is -2.26. The van der Waals surface area contributed by atoms with E-state index in [1.807, 2.05) is 0 Å². The largest absolute Gasteiger partial charge is 0.378 e. The molecule has 0 saturated carbocycles. The van der Waals surface area contributed by atoms with E-state index >= 15 is 0 Å². The molecule has 1 saturated heterocycles. The van der Waals surface area contributed by atoms with E-state index in [0.29, 0.717) is 18.7 Å². The van der Waals surface area contributed by atoms with Gasteiger partial charge >= 0.3 is 0 Å². The first-order valence-electron chi connectivity index (χ1n) is 5.71. The van der Waals surface area contributed by atoms with Gasteiger partial charge in [-0.15, -0.1) is 0 Å². The fraction of sp³-hybridized carbons (Fsp3) is 0.364. The first-order valence-corrected chi connectivity index (χ1v) is 5.71.